The van der Waals surface area contributed by atoms with E-state index < -0.39 is 12.1 Å². The fourth-order valence-electron chi connectivity index (χ4n) is 7.89. The van der Waals surface area contributed by atoms with Crippen molar-refractivity contribution in [2.24, 2.45) is 0 Å². The van der Waals surface area contributed by atoms with Crippen LogP contribution in [0, 0.1) is 0 Å². The monoisotopic (exact) mass is 870 g/mol. The lowest BCUT2D eigenvalue weighted by Crippen LogP contribution is -2.45. The zero-order valence-corrected chi connectivity index (χ0v) is 41.1. The average molecular weight is 870 g/mol. The number of ether oxygens (including phenoxy) is 1. The van der Waals surface area contributed by atoms with E-state index in [2.05, 4.69) is 55.6 Å². The number of esters is 1. The third-order valence-electron chi connectivity index (χ3n) is 12.1. The maximum atomic E-state index is 12.4. The van der Waals surface area contributed by atoms with Gasteiger partial charge in [-0.15, -0.1) is 0 Å². The molecule has 0 rings (SSSR count). The van der Waals surface area contributed by atoms with E-state index in [0.29, 0.717) is 19.4 Å². The van der Waals surface area contributed by atoms with Gasteiger partial charge in [0.1, 0.15) is 0 Å². The van der Waals surface area contributed by atoms with E-state index in [4.69, 9.17) is 4.74 Å². The fraction of sp³-hybridized carbons (Fsp3) is 0.821. The van der Waals surface area contributed by atoms with Gasteiger partial charge in [0.15, 0.2) is 0 Å². The molecule has 62 heavy (non-hydrogen) atoms. The second-order valence-electron chi connectivity index (χ2n) is 18.2. The van der Waals surface area contributed by atoms with E-state index in [-0.39, 0.29) is 18.5 Å². The third-order valence-corrected chi connectivity index (χ3v) is 12.1. The summed E-state index contributed by atoms with van der Waals surface area (Å²) in [5, 5.41) is 23.1. The first-order valence-electron chi connectivity index (χ1n) is 26.9. The van der Waals surface area contributed by atoms with E-state index in [1.807, 2.05) is 6.08 Å². The molecule has 0 aromatic carbocycles. The van der Waals surface area contributed by atoms with Gasteiger partial charge in [-0.05, 0) is 89.9 Å². The minimum atomic E-state index is -0.865. The molecule has 3 N–H and O–H groups in total. The number of aliphatic hydroxyl groups is 2. The van der Waals surface area contributed by atoms with Gasteiger partial charge in [-0.1, -0.05) is 217 Å². The Morgan fingerprint density at radius 3 is 1.26 bits per heavy atom. The minimum Gasteiger partial charge on any atom is -0.466 e. The average Bonchev–Trinajstić information content (AvgIpc) is 3.27. The van der Waals surface area contributed by atoms with Crippen LogP contribution in [0.2, 0.25) is 0 Å². The molecule has 0 saturated carbocycles. The van der Waals surface area contributed by atoms with Crippen molar-refractivity contribution in [3.8, 4) is 0 Å². The molecule has 0 bridgehead atoms. The van der Waals surface area contributed by atoms with Crippen molar-refractivity contribution in [1.82, 2.24) is 5.32 Å². The van der Waals surface area contributed by atoms with E-state index in [1.54, 1.807) is 6.08 Å². The Morgan fingerprint density at radius 1 is 0.452 bits per heavy atom. The molecule has 0 fully saturated rings. The summed E-state index contributed by atoms with van der Waals surface area (Å²) >= 11 is 0. The maximum absolute atomic E-state index is 12.4. The van der Waals surface area contributed by atoms with Crippen LogP contribution in [0.5, 0.6) is 0 Å². The number of aliphatic hydroxyl groups excluding tert-OH is 2. The van der Waals surface area contributed by atoms with Crippen LogP contribution < -0.4 is 5.32 Å². The van der Waals surface area contributed by atoms with Gasteiger partial charge in [0, 0.05) is 12.8 Å². The lowest BCUT2D eigenvalue weighted by atomic mass is 10.0. The first kappa shape index (κ1) is 59.8. The largest absolute Gasteiger partial charge is 0.466 e. The van der Waals surface area contributed by atoms with Crippen molar-refractivity contribution >= 4 is 11.9 Å². The van der Waals surface area contributed by atoms with Crippen LogP contribution in [-0.4, -0.2) is 47.4 Å². The standard InChI is InChI=1S/C56H103NO5/c1-3-5-7-9-11-13-15-17-19-21-22-23-25-28-32-36-40-44-48-54(59)53(52-58)57-55(60)49-45-41-37-33-29-27-31-35-39-43-47-51-62-56(61)50-46-42-38-34-30-26-24-20-18-16-14-12-10-8-6-4-2/h14,16,20,24,31,35,44,48,53-54,58-59H,3-13,15,17-19,21-23,25-30,32-34,36-43,45-47,49-52H2,1-2H3,(H,57,60)/b16-14-,24-20-,35-31-,48-44+. The molecule has 0 aromatic rings. The van der Waals surface area contributed by atoms with Gasteiger partial charge >= 0.3 is 5.97 Å². The first-order chi connectivity index (χ1) is 30.5. The van der Waals surface area contributed by atoms with Crippen molar-refractivity contribution in [1.29, 1.82) is 0 Å². The highest BCUT2D eigenvalue weighted by molar-refractivity contribution is 5.76. The zero-order chi connectivity index (χ0) is 45.1. The molecule has 2 unspecified atom stereocenters. The molecule has 0 heterocycles. The molecule has 1 amide bonds. The van der Waals surface area contributed by atoms with Crippen LogP contribution in [0.1, 0.15) is 271 Å². The Kier molecular flexibility index (Phi) is 49.6. The minimum absolute atomic E-state index is 0.0470. The number of unbranched alkanes of at least 4 members (excludes halogenated alkanes) is 32. The van der Waals surface area contributed by atoms with Crippen molar-refractivity contribution in [2.45, 2.75) is 283 Å². The van der Waals surface area contributed by atoms with Gasteiger partial charge in [0.25, 0.3) is 0 Å². The molecule has 0 aliphatic rings. The lowest BCUT2D eigenvalue weighted by Gasteiger charge is -2.20. The summed E-state index contributed by atoms with van der Waals surface area (Å²) in [6.07, 6.45) is 64.0. The number of nitrogens with one attached hydrogen (secondary N) is 1. The van der Waals surface area contributed by atoms with Crippen LogP contribution in [-0.2, 0) is 14.3 Å². The predicted octanol–water partition coefficient (Wildman–Crippen LogP) is 16.2. The molecule has 0 aliphatic heterocycles. The lowest BCUT2D eigenvalue weighted by molar-refractivity contribution is -0.143. The van der Waals surface area contributed by atoms with Crippen LogP contribution in [0.25, 0.3) is 0 Å². The summed E-state index contributed by atoms with van der Waals surface area (Å²) in [5.41, 5.74) is 0. The summed E-state index contributed by atoms with van der Waals surface area (Å²) < 4.78 is 5.43. The summed E-state index contributed by atoms with van der Waals surface area (Å²) in [4.78, 5) is 24.5. The summed E-state index contributed by atoms with van der Waals surface area (Å²) in [6, 6.07) is -0.651. The predicted molar refractivity (Wildman–Crippen MR) is 269 cm³/mol. The number of hydrogen-bond acceptors (Lipinski definition) is 5. The summed E-state index contributed by atoms with van der Waals surface area (Å²) in [6.45, 7) is 4.80. The van der Waals surface area contributed by atoms with Gasteiger partial charge in [-0.2, -0.15) is 0 Å². The number of allylic oxidation sites excluding steroid dienone is 7. The molecular formula is C56H103NO5. The highest BCUT2D eigenvalue weighted by Gasteiger charge is 2.18. The quantitative estimate of drug-likeness (QED) is 0.0322. The van der Waals surface area contributed by atoms with E-state index in [1.165, 1.54) is 148 Å². The van der Waals surface area contributed by atoms with Crippen LogP contribution >= 0.6 is 0 Å². The number of amides is 1. The molecule has 0 saturated heterocycles. The van der Waals surface area contributed by atoms with Crippen molar-refractivity contribution in [3.63, 3.8) is 0 Å². The smallest absolute Gasteiger partial charge is 0.305 e. The van der Waals surface area contributed by atoms with Crippen molar-refractivity contribution in [3.05, 3.63) is 48.6 Å². The van der Waals surface area contributed by atoms with Crippen molar-refractivity contribution in [2.75, 3.05) is 13.2 Å². The normalized spacial score (nSPS) is 13.0. The van der Waals surface area contributed by atoms with Crippen LogP contribution in [0.4, 0.5) is 0 Å². The second kappa shape index (κ2) is 51.5. The van der Waals surface area contributed by atoms with Gasteiger partial charge < -0.3 is 20.3 Å². The van der Waals surface area contributed by atoms with E-state index in [9.17, 15) is 19.8 Å². The van der Waals surface area contributed by atoms with Crippen LogP contribution in [0.3, 0.4) is 0 Å². The third kappa shape index (κ3) is 47.3. The number of hydrogen-bond donors (Lipinski definition) is 3. The Bertz CT molecular complexity index is 1050. The Labute approximate surface area is 385 Å². The molecule has 362 valence electrons. The number of carbonyl (C=O) groups excluding carboxylic acids is 2. The second-order valence-corrected chi connectivity index (χ2v) is 18.2. The molecule has 6 nitrogen and oxygen atoms in total. The summed E-state index contributed by atoms with van der Waals surface area (Å²) in [5.74, 6) is -0.145. The topological polar surface area (TPSA) is 95.9 Å². The van der Waals surface area contributed by atoms with Gasteiger partial charge in [-0.3, -0.25) is 9.59 Å². The first-order valence-corrected chi connectivity index (χ1v) is 26.9. The van der Waals surface area contributed by atoms with Crippen LogP contribution in [0.15, 0.2) is 48.6 Å². The Hall–Kier alpha value is -2.18. The summed E-state index contributed by atoms with van der Waals surface area (Å²) in [7, 11) is 0. The highest BCUT2D eigenvalue weighted by atomic mass is 16.5. The molecule has 2 atom stereocenters. The Balaban J connectivity index is 3.57. The molecule has 0 aromatic heterocycles. The molecule has 0 spiro atoms. The highest BCUT2D eigenvalue weighted by Crippen LogP contribution is 2.15. The number of rotatable bonds is 49. The zero-order valence-electron chi connectivity index (χ0n) is 41.1. The molecule has 0 aliphatic carbocycles. The van der Waals surface area contributed by atoms with E-state index >= 15 is 0 Å². The molecular weight excluding hydrogens is 767 g/mol. The SMILES string of the molecule is CCCCCC/C=C\C/C=C\CCCCCCCC(=O)OCCCC/C=C\CCCCCCCC(=O)NC(CO)C(O)/C=C/CCCCCCCCCCCCCCCCCC. The fourth-order valence-corrected chi connectivity index (χ4v) is 7.89. The van der Waals surface area contributed by atoms with Gasteiger partial charge in [0.05, 0.1) is 25.4 Å². The van der Waals surface area contributed by atoms with Gasteiger partial charge in [-0.25, -0.2) is 0 Å². The Morgan fingerprint density at radius 2 is 0.806 bits per heavy atom. The molecule has 6 heteroatoms. The maximum Gasteiger partial charge on any atom is 0.305 e. The van der Waals surface area contributed by atoms with E-state index in [0.717, 1.165) is 96.3 Å². The molecule has 0 radical (unpaired) electrons. The number of carbonyl (C=O) groups is 2. The van der Waals surface area contributed by atoms with Gasteiger partial charge in [0.2, 0.25) is 5.91 Å². The van der Waals surface area contributed by atoms with Crippen molar-refractivity contribution < 1.29 is 24.5 Å².